The molecule has 1 aromatic rings. The SMILES string of the molecule is CCCOc1cc(OCCC)c(OCCC)cc1C=CC(=O)OC1CCCCC1. The number of carbonyl (C=O) groups excluding carboxylic acids is 1. The van der Waals surface area contributed by atoms with Crippen molar-refractivity contribution in [3.8, 4) is 17.2 Å². The van der Waals surface area contributed by atoms with Gasteiger partial charge in [-0.25, -0.2) is 4.79 Å². The van der Waals surface area contributed by atoms with E-state index in [1.807, 2.05) is 12.1 Å². The fourth-order valence-electron chi connectivity index (χ4n) is 3.22. The van der Waals surface area contributed by atoms with Crippen LogP contribution in [0, 0.1) is 0 Å². The number of carbonyl (C=O) groups is 1. The summed E-state index contributed by atoms with van der Waals surface area (Å²) in [5, 5.41) is 0. The van der Waals surface area contributed by atoms with E-state index in [9.17, 15) is 4.79 Å². The van der Waals surface area contributed by atoms with Gasteiger partial charge in [0.15, 0.2) is 11.5 Å². The van der Waals surface area contributed by atoms with Gasteiger partial charge in [0.25, 0.3) is 0 Å². The molecular formula is C24H36O5. The molecule has 1 saturated carbocycles. The number of ether oxygens (including phenoxy) is 4. The Morgan fingerprint density at radius 1 is 0.862 bits per heavy atom. The number of rotatable bonds is 12. The topological polar surface area (TPSA) is 54.0 Å². The normalized spacial score (nSPS) is 14.7. The Kier molecular flexibility index (Phi) is 10.5. The van der Waals surface area contributed by atoms with Crippen LogP contribution < -0.4 is 14.2 Å². The van der Waals surface area contributed by atoms with E-state index in [0.717, 1.165) is 50.5 Å². The molecule has 2 rings (SSSR count). The summed E-state index contributed by atoms with van der Waals surface area (Å²) in [6.45, 7) is 7.99. The molecule has 0 spiro atoms. The van der Waals surface area contributed by atoms with E-state index in [-0.39, 0.29) is 12.1 Å². The Balaban J connectivity index is 2.19. The molecule has 0 amide bonds. The lowest BCUT2D eigenvalue weighted by atomic mass is 9.98. The van der Waals surface area contributed by atoms with Crippen molar-refractivity contribution in [1.29, 1.82) is 0 Å². The van der Waals surface area contributed by atoms with Crippen LogP contribution in [0.2, 0.25) is 0 Å². The lowest BCUT2D eigenvalue weighted by Crippen LogP contribution is -2.19. The minimum atomic E-state index is -0.305. The molecule has 162 valence electrons. The van der Waals surface area contributed by atoms with Crippen LogP contribution in [0.15, 0.2) is 18.2 Å². The van der Waals surface area contributed by atoms with Gasteiger partial charge in [0, 0.05) is 17.7 Å². The van der Waals surface area contributed by atoms with E-state index in [1.165, 1.54) is 12.5 Å². The van der Waals surface area contributed by atoms with Gasteiger partial charge in [-0.2, -0.15) is 0 Å². The largest absolute Gasteiger partial charge is 0.493 e. The van der Waals surface area contributed by atoms with E-state index < -0.39 is 0 Å². The van der Waals surface area contributed by atoms with Crippen LogP contribution in [0.1, 0.15) is 77.7 Å². The summed E-state index contributed by atoms with van der Waals surface area (Å²) in [5.41, 5.74) is 0.786. The molecule has 0 saturated heterocycles. The van der Waals surface area contributed by atoms with E-state index in [2.05, 4.69) is 20.8 Å². The first-order valence-electron chi connectivity index (χ1n) is 11.1. The third kappa shape index (κ3) is 8.00. The van der Waals surface area contributed by atoms with Gasteiger partial charge in [0.05, 0.1) is 19.8 Å². The summed E-state index contributed by atoms with van der Waals surface area (Å²) in [6.07, 6.45) is 11.4. The number of benzene rings is 1. The average Bonchev–Trinajstić information content (AvgIpc) is 2.74. The second kappa shape index (κ2) is 13.1. The maximum atomic E-state index is 12.3. The van der Waals surface area contributed by atoms with Gasteiger partial charge in [-0.05, 0) is 57.1 Å². The number of hydrogen-bond acceptors (Lipinski definition) is 5. The van der Waals surface area contributed by atoms with Crippen molar-refractivity contribution >= 4 is 12.0 Å². The highest BCUT2D eigenvalue weighted by atomic mass is 16.5. The maximum absolute atomic E-state index is 12.3. The molecule has 1 aromatic carbocycles. The van der Waals surface area contributed by atoms with Crippen LogP contribution >= 0.6 is 0 Å². The molecule has 0 aromatic heterocycles. The lowest BCUT2D eigenvalue weighted by Gasteiger charge is -2.21. The monoisotopic (exact) mass is 404 g/mol. The summed E-state index contributed by atoms with van der Waals surface area (Å²) in [5.74, 6) is 1.72. The van der Waals surface area contributed by atoms with E-state index >= 15 is 0 Å². The summed E-state index contributed by atoms with van der Waals surface area (Å²) in [6, 6.07) is 3.75. The van der Waals surface area contributed by atoms with Crippen LogP contribution in [0.5, 0.6) is 17.2 Å². The third-order valence-corrected chi connectivity index (χ3v) is 4.70. The van der Waals surface area contributed by atoms with Crippen LogP contribution in [0.25, 0.3) is 6.08 Å². The predicted octanol–water partition coefficient (Wildman–Crippen LogP) is 5.94. The molecule has 29 heavy (non-hydrogen) atoms. The highest BCUT2D eigenvalue weighted by Crippen LogP contribution is 2.36. The van der Waals surface area contributed by atoms with Gasteiger partial charge in [0.2, 0.25) is 0 Å². The average molecular weight is 405 g/mol. The molecule has 0 N–H and O–H groups in total. The van der Waals surface area contributed by atoms with Crippen molar-refractivity contribution in [2.75, 3.05) is 19.8 Å². The Morgan fingerprint density at radius 3 is 2.00 bits per heavy atom. The minimum absolute atomic E-state index is 0.0463. The Morgan fingerprint density at radius 2 is 1.41 bits per heavy atom. The van der Waals surface area contributed by atoms with Crippen molar-refractivity contribution < 1.29 is 23.7 Å². The molecule has 0 atom stereocenters. The van der Waals surface area contributed by atoms with Crippen molar-refractivity contribution in [3.05, 3.63) is 23.8 Å². The van der Waals surface area contributed by atoms with Gasteiger partial charge in [0.1, 0.15) is 11.9 Å². The molecule has 1 aliphatic carbocycles. The van der Waals surface area contributed by atoms with E-state index in [0.29, 0.717) is 37.1 Å². The zero-order chi connectivity index (χ0) is 20.9. The lowest BCUT2D eigenvalue weighted by molar-refractivity contribution is -0.144. The second-order valence-corrected chi connectivity index (χ2v) is 7.41. The molecule has 0 unspecified atom stereocenters. The first-order valence-corrected chi connectivity index (χ1v) is 11.1. The quantitative estimate of drug-likeness (QED) is 0.319. The molecule has 0 bridgehead atoms. The van der Waals surface area contributed by atoms with Crippen molar-refractivity contribution in [2.45, 2.75) is 78.2 Å². The van der Waals surface area contributed by atoms with Crippen LogP contribution in [0.4, 0.5) is 0 Å². The van der Waals surface area contributed by atoms with Crippen LogP contribution in [0.3, 0.4) is 0 Å². The molecule has 0 radical (unpaired) electrons. The molecule has 5 heteroatoms. The first kappa shape index (κ1) is 23.1. The summed E-state index contributed by atoms with van der Waals surface area (Å²) in [4.78, 5) is 12.3. The molecule has 0 aliphatic heterocycles. The van der Waals surface area contributed by atoms with Crippen molar-refractivity contribution in [1.82, 2.24) is 0 Å². The van der Waals surface area contributed by atoms with Gasteiger partial charge >= 0.3 is 5.97 Å². The highest BCUT2D eigenvalue weighted by molar-refractivity contribution is 5.88. The molecular weight excluding hydrogens is 368 g/mol. The summed E-state index contributed by atoms with van der Waals surface area (Å²) in [7, 11) is 0. The molecule has 0 heterocycles. The molecule has 5 nitrogen and oxygen atoms in total. The fraction of sp³-hybridized carbons (Fsp3) is 0.625. The Hall–Kier alpha value is -2.17. The Bertz CT molecular complexity index is 647. The van der Waals surface area contributed by atoms with Gasteiger partial charge in [-0.1, -0.05) is 27.2 Å². The van der Waals surface area contributed by atoms with Gasteiger partial charge < -0.3 is 18.9 Å². The summed E-state index contributed by atoms with van der Waals surface area (Å²) >= 11 is 0. The zero-order valence-corrected chi connectivity index (χ0v) is 18.2. The zero-order valence-electron chi connectivity index (χ0n) is 18.2. The minimum Gasteiger partial charge on any atom is -0.493 e. The molecule has 1 fully saturated rings. The van der Waals surface area contributed by atoms with Gasteiger partial charge in [-0.3, -0.25) is 0 Å². The summed E-state index contributed by atoms with van der Waals surface area (Å²) < 4.78 is 23.2. The fourth-order valence-corrected chi connectivity index (χ4v) is 3.22. The predicted molar refractivity (Wildman–Crippen MR) is 116 cm³/mol. The highest BCUT2D eigenvalue weighted by Gasteiger charge is 2.17. The van der Waals surface area contributed by atoms with Crippen molar-refractivity contribution in [3.63, 3.8) is 0 Å². The number of esters is 1. The molecule has 1 aliphatic rings. The third-order valence-electron chi connectivity index (χ3n) is 4.70. The first-order chi connectivity index (χ1) is 14.2. The van der Waals surface area contributed by atoms with Crippen LogP contribution in [-0.2, 0) is 9.53 Å². The van der Waals surface area contributed by atoms with E-state index in [4.69, 9.17) is 18.9 Å². The Labute approximate surface area is 175 Å². The van der Waals surface area contributed by atoms with Crippen LogP contribution in [-0.4, -0.2) is 31.9 Å². The maximum Gasteiger partial charge on any atom is 0.331 e. The second-order valence-electron chi connectivity index (χ2n) is 7.41. The smallest absolute Gasteiger partial charge is 0.331 e. The standard InChI is InChI=1S/C24H36O5/c1-4-14-26-21-18-23(28-16-6-3)22(27-15-5-2)17-19(21)12-13-24(25)29-20-10-8-7-9-11-20/h12-13,17-18,20H,4-11,14-16H2,1-3H3. The van der Waals surface area contributed by atoms with E-state index in [1.54, 1.807) is 6.08 Å². The number of hydrogen-bond donors (Lipinski definition) is 0. The van der Waals surface area contributed by atoms with Gasteiger partial charge in [-0.15, -0.1) is 0 Å². The van der Waals surface area contributed by atoms with Crippen molar-refractivity contribution in [2.24, 2.45) is 0 Å².